The van der Waals surface area contributed by atoms with Gasteiger partial charge >= 0.3 is 0 Å². The van der Waals surface area contributed by atoms with Gasteiger partial charge < -0.3 is 15.0 Å². The first-order valence-corrected chi connectivity index (χ1v) is 7.61. The van der Waals surface area contributed by atoms with E-state index in [-0.39, 0.29) is 6.10 Å². The molecule has 0 bridgehead atoms. The SMILES string of the molecule is CNc1cc(CC[C@H]2CN(c3ncccn3)CCO2)ccn1. The number of morpholine rings is 1. The molecule has 0 saturated carbocycles. The first-order valence-electron chi connectivity index (χ1n) is 7.61. The van der Waals surface area contributed by atoms with Crippen LogP contribution in [0.5, 0.6) is 0 Å². The van der Waals surface area contributed by atoms with Crippen LogP contribution in [0.3, 0.4) is 0 Å². The summed E-state index contributed by atoms with van der Waals surface area (Å²) in [6.45, 7) is 2.41. The lowest BCUT2D eigenvalue weighted by Crippen LogP contribution is -2.43. The fourth-order valence-corrected chi connectivity index (χ4v) is 2.62. The second-order valence-electron chi connectivity index (χ2n) is 5.33. The van der Waals surface area contributed by atoms with Gasteiger partial charge in [-0.15, -0.1) is 0 Å². The third-order valence-corrected chi connectivity index (χ3v) is 3.81. The molecule has 1 aliphatic heterocycles. The minimum Gasteiger partial charge on any atom is -0.375 e. The zero-order valence-corrected chi connectivity index (χ0v) is 12.8. The van der Waals surface area contributed by atoms with Gasteiger partial charge in [-0.05, 0) is 36.6 Å². The molecular weight excluding hydrogens is 278 g/mol. The van der Waals surface area contributed by atoms with Crippen molar-refractivity contribution >= 4 is 11.8 Å². The standard InChI is InChI=1S/C16H21N5O/c1-17-15-11-13(5-8-18-15)3-4-14-12-21(9-10-22-14)16-19-6-2-7-20-16/h2,5-8,11,14H,3-4,9-10,12H2,1H3,(H,17,18)/t14-/m0/s1. The number of nitrogens with zero attached hydrogens (tertiary/aromatic N) is 4. The van der Waals surface area contributed by atoms with Crippen LogP contribution in [0.4, 0.5) is 11.8 Å². The minimum absolute atomic E-state index is 0.212. The second-order valence-corrected chi connectivity index (χ2v) is 5.33. The number of anilines is 2. The van der Waals surface area contributed by atoms with Gasteiger partial charge in [-0.2, -0.15) is 0 Å². The number of hydrogen-bond acceptors (Lipinski definition) is 6. The summed E-state index contributed by atoms with van der Waals surface area (Å²) in [7, 11) is 1.88. The van der Waals surface area contributed by atoms with Crippen molar-refractivity contribution in [1.29, 1.82) is 0 Å². The van der Waals surface area contributed by atoms with E-state index in [9.17, 15) is 0 Å². The van der Waals surface area contributed by atoms with Crippen LogP contribution < -0.4 is 10.2 Å². The highest BCUT2D eigenvalue weighted by Gasteiger charge is 2.21. The summed E-state index contributed by atoms with van der Waals surface area (Å²) in [5.41, 5.74) is 1.27. The van der Waals surface area contributed by atoms with Crippen LogP contribution in [0.25, 0.3) is 0 Å². The van der Waals surface area contributed by atoms with Crippen molar-refractivity contribution in [3.8, 4) is 0 Å². The molecule has 1 atom stereocenters. The van der Waals surface area contributed by atoms with Gasteiger partial charge in [0, 0.05) is 38.7 Å². The minimum atomic E-state index is 0.212. The van der Waals surface area contributed by atoms with Crippen molar-refractivity contribution in [2.75, 3.05) is 37.0 Å². The van der Waals surface area contributed by atoms with Crippen LogP contribution in [0, 0.1) is 0 Å². The Labute approximate surface area is 130 Å². The van der Waals surface area contributed by atoms with Gasteiger partial charge in [0.25, 0.3) is 0 Å². The molecule has 2 aromatic rings. The largest absolute Gasteiger partial charge is 0.375 e. The van der Waals surface area contributed by atoms with Gasteiger partial charge in [0.15, 0.2) is 0 Å². The van der Waals surface area contributed by atoms with E-state index in [4.69, 9.17) is 4.74 Å². The molecule has 2 aromatic heterocycles. The lowest BCUT2D eigenvalue weighted by atomic mass is 10.1. The van der Waals surface area contributed by atoms with Gasteiger partial charge in [-0.1, -0.05) is 0 Å². The van der Waals surface area contributed by atoms with Gasteiger partial charge in [0.05, 0.1) is 12.7 Å². The van der Waals surface area contributed by atoms with Crippen LogP contribution in [-0.4, -0.2) is 47.8 Å². The molecule has 116 valence electrons. The fraction of sp³-hybridized carbons (Fsp3) is 0.438. The van der Waals surface area contributed by atoms with Crippen molar-refractivity contribution in [2.24, 2.45) is 0 Å². The van der Waals surface area contributed by atoms with E-state index in [1.165, 1.54) is 5.56 Å². The maximum atomic E-state index is 5.88. The van der Waals surface area contributed by atoms with Crippen molar-refractivity contribution in [3.05, 3.63) is 42.4 Å². The van der Waals surface area contributed by atoms with Crippen molar-refractivity contribution in [2.45, 2.75) is 18.9 Å². The highest BCUT2D eigenvalue weighted by atomic mass is 16.5. The molecule has 0 radical (unpaired) electrons. The molecule has 0 aliphatic carbocycles. The van der Waals surface area contributed by atoms with Gasteiger partial charge in [-0.3, -0.25) is 0 Å². The number of hydrogen-bond donors (Lipinski definition) is 1. The Morgan fingerprint density at radius 1 is 1.27 bits per heavy atom. The molecule has 0 spiro atoms. The fourth-order valence-electron chi connectivity index (χ4n) is 2.62. The van der Waals surface area contributed by atoms with Gasteiger partial charge in [0.1, 0.15) is 5.82 Å². The molecule has 1 fully saturated rings. The molecule has 0 aromatic carbocycles. The smallest absolute Gasteiger partial charge is 0.225 e. The highest BCUT2D eigenvalue weighted by Crippen LogP contribution is 2.16. The summed E-state index contributed by atoms with van der Waals surface area (Å²) < 4.78 is 5.88. The predicted molar refractivity (Wildman–Crippen MR) is 86.1 cm³/mol. The molecule has 3 rings (SSSR count). The third-order valence-electron chi connectivity index (χ3n) is 3.81. The number of aryl methyl sites for hydroxylation is 1. The van der Waals surface area contributed by atoms with Crippen LogP contribution in [0.1, 0.15) is 12.0 Å². The molecule has 0 unspecified atom stereocenters. The first kappa shape index (κ1) is 14.7. The first-order chi connectivity index (χ1) is 10.8. The Hall–Kier alpha value is -2.21. The van der Waals surface area contributed by atoms with Crippen LogP contribution in [0.2, 0.25) is 0 Å². The molecule has 1 saturated heterocycles. The molecule has 3 heterocycles. The Bertz CT molecular complexity index is 592. The summed E-state index contributed by atoms with van der Waals surface area (Å²) in [6.07, 6.45) is 7.57. The van der Waals surface area contributed by atoms with Gasteiger partial charge in [0.2, 0.25) is 5.95 Å². The molecule has 1 N–H and O–H groups in total. The van der Waals surface area contributed by atoms with Gasteiger partial charge in [-0.25, -0.2) is 15.0 Å². The lowest BCUT2D eigenvalue weighted by molar-refractivity contribution is 0.0349. The summed E-state index contributed by atoms with van der Waals surface area (Å²) in [4.78, 5) is 15.1. The van der Waals surface area contributed by atoms with E-state index in [1.54, 1.807) is 12.4 Å². The van der Waals surface area contributed by atoms with Crippen molar-refractivity contribution in [1.82, 2.24) is 15.0 Å². The number of aromatic nitrogens is 3. The van der Waals surface area contributed by atoms with E-state index >= 15 is 0 Å². The number of rotatable bonds is 5. The Kier molecular flexibility index (Phi) is 4.80. The van der Waals surface area contributed by atoms with Crippen LogP contribution in [0.15, 0.2) is 36.8 Å². The highest BCUT2D eigenvalue weighted by molar-refractivity contribution is 5.36. The van der Waals surface area contributed by atoms with E-state index in [2.05, 4.69) is 37.3 Å². The van der Waals surface area contributed by atoms with E-state index in [1.807, 2.05) is 19.3 Å². The number of pyridine rings is 1. The number of ether oxygens (including phenoxy) is 1. The van der Waals surface area contributed by atoms with E-state index in [0.29, 0.717) is 0 Å². The van der Waals surface area contributed by atoms with E-state index in [0.717, 1.165) is 44.3 Å². The van der Waals surface area contributed by atoms with Crippen molar-refractivity contribution < 1.29 is 4.74 Å². The van der Waals surface area contributed by atoms with E-state index < -0.39 is 0 Å². The Morgan fingerprint density at radius 3 is 2.95 bits per heavy atom. The topological polar surface area (TPSA) is 63.2 Å². The van der Waals surface area contributed by atoms with Crippen molar-refractivity contribution in [3.63, 3.8) is 0 Å². The summed E-state index contributed by atoms with van der Waals surface area (Å²) in [5.74, 6) is 1.69. The maximum Gasteiger partial charge on any atom is 0.225 e. The molecule has 1 aliphatic rings. The monoisotopic (exact) mass is 299 g/mol. The summed E-state index contributed by atoms with van der Waals surface area (Å²) in [6, 6.07) is 5.98. The van der Waals surface area contributed by atoms with Crippen LogP contribution in [-0.2, 0) is 11.2 Å². The lowest BCUT2D eigenvalue weighted by Gasteiger charge is -2.33. The molecule has 0 amide bonds. The summed E-state index contributed by atoms with van der Waals surface area (Å²) >= 11 is 0. The molecular formula is C16H21N5O. The zero-order valence-electron chi connectivity index (χ0n) is 12.8. The predicted octanol–water partition coefficient (Wildman–Crippen LogP) is 1.75. The Balaban J connectivity index is 1.56. The maximum absolute atomic E-state index is 5.88. The average Bonchev–Trinajstić information content (AvgIpc) is 2.61. The normalized spacial score (nSPS) is 18.2. The number of nitrogens with one attached hydrogen (secondary N) is 1. The average molecular weight is 299 g/mol. The quantitative estimate of drug-likeness (QED) is 0.907. The third kappa shape index (κ3) is 3.71. The van der Waals surface area contributed by atoms with Crippen LogP contribution >= 0.6 is 0 Å². The molecule has 22 heavy (non-hydrogen) atoms. The second kappa shape index (κ2) is 7.17. The molecule has 6 nitrogen and oxygen atoms in total. The summed E-state index contributed by atoms with van der Waals surface area (Å²) in [5, 5.41) is 3.07. The Morgan fingerprint density at radius 2 is 2.14 bits per heavy atom. The molecule has 6 heteroatoms. The zero-order chi connectivity index (χ0) is 15.2.